The van der Waals surface area contributed by atoms with Gasteiger partial charge in [0, 0.05) is 18.0 Å². The van der Waals surface area contributed by atoms with E-state index >= 15 is 0 Å². The number of hydrogen-bond acceptors (Lipinski definition) is 3. The Kier molecular flexibility index (Phi) is 4.50. The first-order chi connectivity index (χ1) is 7.20. The molecule has 4 nitrogen and oxygen atoms in total. The fourth-order valence-electron chi connectivity index (χ4n) is 0.932. The van der Waals surface area contributed by atoms with Crippen molar-refractivity contribution in [2.24, 2.45) is 0 Å². The average Bonchev–Trinajstić information content (AvgIpc) is 2.25. The molecule has 0 bridgehead atoms. The Labute approximate surface area is 88.2 Å². The van der Waals surface area contributed by atoms with Gasteiger partial charge in [0.25, 0.3) is 0 Å². The van der Waals surface area contributed by atoms with E-state index in [1.165, 1.54) is 6.92 Å². The summed E-state index contributed by atoms with van der Waals surface area (Å²) in [5.41, 5.74) is 1.26. The van der Waals surface area contributed by atoms with Crippen molar-refractivity contribution in [3.05, 3.63) is 41.7 Å². The van der Waals surface area contributed by atoms with Crippen LogP contribution in [-0.4, -0.2) is 22.7 Å². The van der Waals surface area contributed by atoms with Crippen molar-refractivity contribution in [3.8, 4) is 0 Å². The van der Waals surface area contributed by atoms with E-state index in [9.17, 15) is 4.79 Å². The number of pyridine rings is 1. The van der Waals surface area contributed by atoms with E-state index in [0.717, 1.165) is 5.56 Å². The second kappa shape index (κ2) is 5.93. The van der Waals surface area contributed by atoms with Crippen LogP contribution in [0.5, 0.6) is 0 Å². The molecule has 4 heteroatoms. The molecule has 1 heterocycles. The van der Waals surface area contributed by atoms with Crippen LogP contribution >= 0.6 is 0 Å². The van der Waals surface area contributed by atoms with Gasteiger partial charge in [-0.05, 0) is 24.6 Å². The molecule has 0 saturated carbocycles. The summed E-state index contributed by atoms with van der Waals surface area (Å²) < 4.78 is 5.26. The smallest absolute Gasteiger partial charge is 0.331 e. The highest BCUT2D eigenvalue weighted by molar-refractivity contribution is 5.85. The lowest BCUT2D eigenvalue weighted by Crippen LogP contribution is -1.99. The lowest BCUT2D eigenvalue weighted by atomic mass is 10.3. The minimum Gasteiger partial charge on any atom is -0.478 e. The first-order valence-corrected chi connectivity index (χ1v) is 4.57. The number of nitrogens with zero attached hydrogens (tertiary/aromatic N) is 1. The van der Waals surface area contributed by atoms with Crippen molar-refractivity contribution in [1.29, 1.82) is 0 Å². The van der Waals surface area contributed by atoms with Crippen LogP contribution in [-0.2, 0) is 16.1 Å². The summed E-state index contributed by atoms with van der Waals surface area (Å²) in [6.07, 6.45) is 4.95. The second-order valence-corrected chi connectivity index (χ2v) is 3.07. The van der Waals surface area contributed by atoms with Crippen LogP contribution in [0.15, 0.2) is 36.2 Å². The molecule has 0 radical (unpaired) electrons. The molecule has 80 valence electrons. The zero-order valence-electron chi connectivity index (χ0n) is 8.51. The Morgan fingerprint density at radius 1 is 1.67 bits per heavy atom. The predicted molar refractivity (Wildman–Crippen MR) is 55.3 cm³/mol. The summed E-state index contributed by atoms with van der Waals surface area (Å²) >= 11 is 0. The Morgan fingerprint density at radius 3 is 3.07 bits per heavy atom. The highest BCUT2D eigenvalue weighted by Crippen LogP contribution is 1.99. The van der Waals surface area contributed by atoms with Gasteiger partial charge in [-0.25, -0.2) is 4.79 Å². The minimum atomic E-state index is -0.917. The molecule has 0 aliphatic carbocycles. The van der Waals surface area contributed by atoms with Crippen LogP contribution in [0.2, 0.25) is 0 Å². The van der Waals surface area contributed by atoms with Crippen LogP contribution in [0, 0.1) is 0 Å². The van der Waals surface area contributed by atoms with Gasteiger partial charge in [-0.2, -0.15) is 0 Å². The molecule has 1 N–H and O–H groups in total. The van der Waals surface area contributed by atoms with Crippen molar-refractivity contribution in [3.63, 3.8) is 0 Å². The largest absolute Gasteiger partial charge is 0.478 e. The van der Waals surface area contributed by atoms with E-state index in [-0.39, 0.29) is 0 Å². The number of aromatic nitrogens is 1. The third-order valence-electron chi connectivity index (χ3n) is 1.84. The Hall–Kier alpha value is -1.68. The number of hydrogen-bond donors (Lipinski definition) is 1. The molecule has 1 aromatic heterocycles. The lowest BCUT2D eigenvalue weighted by molar-refractivity contribution is -0.132. The molecule has 0 saturated heterocycles. The van der Waals surface area contributed by atoms with Crippen LogP contribution < -0.4 is 0 Å². The van der Waals surface area contributed by atoms with Crippen LogP contribution in [0.1, 0.15) is 12.5 Å². The maximum atomic E-state index is 10.4. The predicted octanol–water partition coefficient (Wildman–Crippen LogP) is 1.63. The van der Waals surface area contributed by atoms with E-state index in [1.807, 2.05) is 12.1 Å². The van der Waals surface area contributed by atoms with Gasteiger partial charge < -0.3 is 9.84 Å². The number of carboxylic acid groups (broad SMARTS) is 1. The Morgan fingerprint density at radius 2 is 2.47 bits per heavy atom. The maximum absolute atomic E-state index is 10.4. The van der Waals surface area contributed by atoms with Gasteiger partial charge in [0.2, 0.25) is 0 Å². The van der Waals surface area contributed by atoms with Crippen LogP contribution in [0.3, 0.4) is 0 Å². The van der Waals surface area contributed by atoms with Crippen molar-refractivity contribution >= 4 is 5.97 Å². The zero-order chi connectivity index (χ0) is 11.1. The van der Waals surface area contributed by atoms with Crippen molar-refractivity contribution in [2.75, 3.05) is 6.61 Å². The molecule has 0 aliphatic heterocycles. The molecular weight excluding hydrogens is 194 g/mol. The quantitative estimate of drug-likeness (QED) is 0.589. The summed E-state index contributed by atoms with van der Waals surface area (Å²) in [7, 11) is 0. The molecule has 0 aliphatic rings. The standard InChI is InChI=1S/C11H13NO3/c1-9(11(13)14)4-6-15-8-10-3-2-5-12-7-10/h2-5,7H,6,8H2,1H3,(H,13,14)/b9-4-. The van der Waals surface area contributed by atoms with Crippen LogP contribution in [0.25, 0.3) is 0 Å². The van der Waals surface area contributed by atoms with Gasteiger partial charge in [0.05, 0.1) is 13.2 Å². The molecule has 0 unspecified atom stereocenters. The first-order valence-electron chi connectivity index (χ1n) is 4.57. The summed E-state index contributed by atoms with van der Waals surface area (Å²) in [6.45, 7) is 2.28. The second-order valence-electron chi connectivity index (χ2n) is 3.07. The minimum absolute atomic E-state index is 0.293. The van der Waals surface area contributed by atoms with Gasteiger partial charge in [0.1, 0.15) is 0 Å². The van der Waals surface area contributed by atoms with Gasteiger partial charge in [-0.1, -0.05) is 6.07 Å². The van der Waals surface area contributed by atoms with E-state index in [2.05, 4.69) is 4.98 Å². The third kappa shape index (κ3) is 4.37. The van der Waals surface area contributed by atoms with E-state index in [0.29, 0.717) is 18.8 Å². The van der Waals surface area contributed by atoms with Crippen molar-refractivity contribution in [2.45, 2.75) is 13.5 Å². The summed E-state index contributed by atoms with van der Waals surface area (Å²) in [5.74, 6) is -0.917. The molecule has 0 spiro atoms. The summed E-state index contributed by atoms with van der Waals surface area (Å²) in [6, 6.07) is 3.73. The van der Waals surface area contributed by atoms with Gasteiger partial charge in [0.15, 0.2) is 0 Å². The van der Waals surface area contributed by atoms with E-state index < -0.39 is 5.97 Å². The van der Waals surface area contributed by atoms with Crippen molar-refractivity contribution < 1.29 is 14.6 Å². The van der Waals surface area contributed by atoms with Gasteiger partial charge >= 0.3 is 5.97 Å². The molecule has 0 atom stereocenters. The monoisotopic (exact) mass is 207 g/mol. The SMILES string of the molecule is C/C(=C/COCc1cccnc1)C(=O)O. The highest BCUT2D eigenvalue weighted by Gasteiger charge is 1.98. The van der Waals surface area contributed by atoms with Crippen molar-refractivity contribution in [1.82, 2.24) is 4.98 Å². The molecule has 15 heavy (non-hydrogen) atoms. The Balaban J connectivity index is 2.29. The first kappa shape index (κ1) is 11.4. The maximum Gasteiger partial charge on any atom is 0.331 e. The normalized spacial score (nSPS) is 11.4. The molecule has 1 rings (SSSR count). The molecule has 0 amide bonds. The number of carbonyl (C=O) groups is 1. The lowest BCUT2D eigenvalue weighted by Gasteiger charge is -2.00. The van der Waals surface area contributed by atoms with E-state index in [4.69, 9.17) is 9.84 Å². The number of carboxylic acids is 1. The fourth-order valence-corrected chi connectivity index (χ4v) is 0.932. The average molecular weight is 207 g/mol. The van der Waals surface area contributed by atoms with E-state index in [1.54, 1.807) is 18.5 Å². The molecule has 0 fully saturated rings. The van der Waals surface area contributed by atoms with Crippen LogP contribution in [0.4, 0.5) is 0 Å². The third-order valence-corrected chi connectivity index (χ3v) is 1.84. The topological polar surface area (TPSA) is 59.4 Å². The fraction of sp³-hybridized carbons (Fsp3) is 0.273. The highest BCUT2D eigenvalue weighted by atomic mass is 16.5. The molecular formula is C11H13NO3. The van der Waals surface area contributed by atoms with Gasteiger partial charge in [-0.3, -0.25) is 4.98 Å². The zero-order valence-corrected chi connectivity index (χ0v) is 8.51. The number of rotatable bonds is 5. The molecule has 1 aromatic rings. The summed E-state index contributed by atoms with van der Waals surface area (Å²) in [5, 5.41) is 8.56. The Bertz CT molecular complexity index is 346. The number of ether oxygens (including phenoxy) is 1. The van der Waals surface area contributed by atoms with Gasteiger partial charge in [-0.15, -0.1) is 0 Å². The number of aliphatic carboxylic acids is 1. The summed E-state index contributed by atoms with van der Waals surface area (Å²) in [4.78, 5) is 14.4. The molecule has 0 aromatic carbocycles.